The molecule has 0 radical (unpaired) electrons. The smallest absolute Gasteiger partial charge is 0.0512 e. The van der Waals surface area contributed by atoms with Crippen molar-refractivity contribution >= 4 is 0 Å². The van der Waals surface area contributed by atoms with Crippen molar-refractivity contribution in [1.29, 1.82) is 0 Å². The van der Waals surface area contributed by atoms with Crippen LogP contribution in [0.5, 0.6) is 0 Å². The maximum Gasteiger partial charge on any atom is 0.0512 e. The monoisotopic (exact) mass is 198 g/mol. The van der Waals surface area contributed by atoms with Crippen molar-refractivity contribution in [2.45, 2.75) is 71.3 Å². The molecule has 0 spiro atoms. The van der Waals surface area contributed by atoms with Gasteiger partial charge >= 0.3 is 0 Å². The average Bonchev–Trinajstić information content (AvgIpc) is 2.20. The number of hydrogen-bond acceptors (Lipinski definition) is 1. The Bertz CT molecular complexity index is 136. The van der Waals surface area contributed by atoms with Crippen LogP contribution >= 0.6 is 0 Å². The second-order valence-electron chi connectivity index (χ2n) is 4.99. The summed E-state index contributed by atoms with van der Waals surface area (Å²) in [4.78, 5) is 0. The molecule has 1 fully saturated rings. The Hall–Kier alpha value is -0.0400. The molecule has 0 aromatic heterocycles. The third kappa shape index (κ3) is 4.00. The Labute approximate surface area is 88.9 Å². The van der Waals surface area contributed by atoms with Gasteiger partial charge in [-0.1, -0.05) is 45.4 Å². The molecule has 1 nitrogen and oxygen atoms in total. The van der Waals surface area contributed by atoms with Crippen LogP contribution in [0.25, 0.3) is 0 Å². The molecule has 0 aromatic carbocycles. The number of aliphatic hydroxyl groups is 1. The summed E-state index contributed by atoms with van der Waals surface area (Å²) in [5, 5.41) is 9.30. The first kappa shape index (κ1) is 12.0. The normalized spacial score (nSPS) is 23.4. The van der Waals surface area contributed by atoms with Gasteiger partial charge in [-0.2, -0.15) is 0 Å². The molecule has 1 aliphatic carbocycles. The Morgan fingerprint density at radius 3 is 2.29 bits per heavy atom. The molecule has 84 valence electrons. The van der Waals surface area contributed by atoms with Crippen molar-refractivity contribution in [1.82, 2.24) is 0 Å². The van der Waals surface area contributed by atoms with Crippen LogP contribution in [0.4, 0.5) is 0 Å². The quantitative estimate of drug-likeness (QED) is 0.713. The van der Waals surface area contributed by atoms with Crippen LogP contribution in [0, 0.1) is 11.8 Å². The molecule has 14 heavy (non-hydrogen) atoms. The minimum atomic E-state index is -0.104. The summed E-state index contributed by atoms with van der Waals surface area (Å²) >= 11 is 0. The zero-order valence-corrected chi connectivity index (χ0v) is 9.84. The van der Waals surface area contributed by atoms with E-state index >= 15 is 0 Å². The predicted octanol–water partition coefficient (Wildman–Crippen LogP) is 3.75. The summed E-state index contributed by atoms with van der Waals surface area (Å²) in [5.41, 5.74) is 0. The van der Waals surface area contributed by atoms with E-state index in [9.17, 15) is 5.11 Å². The van der Waals surface area contributed by atoms with Gasteiger partial charge in [0.15, 0.2) is 0 Å². The summed E-state index contributed by atoms with van der Waals surface area (Å²) in [6.45, 7) is 4.22. The molecule has 2 unspecified atom stereocenters. The first-order valence-electron chi connectivity index (χ1n) is 6.42. The van der Waals surface area contributed by atoms with Gasteiger partial charge in [0, 0.05) is 0 Å². The third-order valence-corrected chi connectivity index (χ3v) is 3.80. The lowest BCUT2D eigenvalue weighted by molar-refractivity contribution is 0.152. The van der Waals surface area contributed by atoms with E-state index in [1.807, 2.05) is 6.92 Å². The van der Waals surface area contributed by atoms with E-state index in [1.54, 1.807) is 0 Å². The molecule has 1 saturated carbocycles. The molecule has 1 heteroatoms. The topological polar surface area (TPSA) is 20.2 Å². The largest absolute Gasteiger partial charge is 0.393 e. The molecule has 0 saturated heterocycles. The van der Waals surface area contributed by atoms with Crippen molar-refractivity contribution in [3.05, 3.63) is 0 Å². The van der Waals surface area contributed by atoms with Crippen molar-refractivity contribution in [2.75, 3.05) is 0 Å². The summed E-state index contributed by atoms with van der Waals surface area (Å²) in [6, 6.07) is 0. The van der Waals surface area contributed by atoms with Crippen LogP contribution in [0.2, 0.25) is 0 Å². The standard InChI is InChI=1S/C13H26O/c1-3-12(10-9-11(2)14)13-7-5-4-6-8-13/h11-14H,3-10H2,1-2H3. The highest BCUT2D eigenvalue weighted by Gasteiger charge is 2.22. The van der Waals surface area contributed by atoms with Crippen LogP contribution in [-0.4, -0.2) is 11.2 Å². The minimum absolute atomic E-state index is 0.104. The summed E-state index contributed by atoms with van der Waals surface area (Å²) in [5.74, 6) is 1.84. The number of rotatable bonds is 5. The second kappa shape index (κ2) is 6.44. The predicted molar refractivity (Wildman–Crippen MR) is 61.3 cm³/mol. The van der Waals surface area contributed by atoms with Gasteiger partial charge in [-0.15, -0.1) is 0 Å². The molecular weight excluding hydrogens is 172 g/mol. The van der Waals surface area contributed by atoms with Gasteiger partial charge in [0.05, 0.1) is 6.10 Å². The van der Waals surface area contributed by atoms with Gasteiger partial charge in [-0.05, 0) is 31.6 Å². The second-order valence-corrected chi connectivity index (χ2v) is 4.99. The van der Waals surface area contributed by atoms with Gasteiger partial charge in [0.1, 0.15) is 0 Å². The fourth-order valence-electron chi connectivity index (χ4n) is 2.83. The van der Waals surface area contributed by atoms with E-state index in [1.165, 1.54) is 44.9 Å². The zero-order chi connectivity index (χ0) is 10.4. The average molecular weight is 198 g/mol. The van der Waals surface area contributed by atoms with Crippen molar-refractivity contribution in [3.8, 4) is 0 Å². The van der Waals surface area contributed by atoms with E-state index < -0.39 is 0 Å². The first-order valence-corrected chi connectivity index (χ1v) is 6.42. The number of aliphatic hydroxyl groups excluding tert-OH is 1. The molecule has 0 amide bonds. The lowest BCUT2D eigenvalue weighted by Crippen LogP contribution is -2.18. The summed E-state index contributed by atoms with van der Waals surface area (Å²) in [6.07, 6.45) is 10.6. The molecule has 1 rings (SSSR count). The van der Waals surface area contributed by atoms with E-state index in [2.05, 4.69) is 6.92 Å². The summed E-state index contributed by atoms with van der Waals surface area (Å²) in [7, 11) is 0. The van der Waals surface area contributed by atoms with Crippen LogP contribution in [-0.2, 0) is 0 Å². The van der Waals surface area contributed by atoms with E-state index in [0.717, 1.165) is 18.3 Å². The van der Waals surface area contributed by atoms with E-state index in [4.69, 9.17) is 0 Å². The van der Waals surface area contributed by atoms with Gasteiger partial charge in [-0.25, -0.2) is 0 Å². The highest BCUT2D eigenvalue weighted by molar-refractivity contribution is 4.73. The molecule has 2 atom stereocenters. The third-order valence-electron chi connectivity index (χ3n) is 3.80. The van der Waals surface area contributed by atoms with Crippen LogP contribution in [0.3, 0.4) is 0 Å². The van der Waals surface area contributed by atoms with Crippen molar-refractivity contribution in [3.63, 3.8) is 0 Å². The highest BCUT2D eigenvalue weighted by Crippen LogP contribution is 2.34. The van der Waals surface area contributed by atoms with Gasteiger partial charge in [0.2, 0.25) is 0 Å². The van der Waals surface area contributed by atoms with E-state index in [-0.39, 0.29) is 6.10 Å². The lowest BCUT2D eigenvalue weighted by atomic mass is 9.76. The molecular formula is C13H26O. The molecule has 0 aromatic rings. The zero-order valence-electron chi connectivity index (χ0n) is 9.84. The minimum Gasteiger partial charge on any atom is -0.393 e. The molecule has 0 aliphatic heterocycles. The fraction of sp³-hybridized carbons (Fsp3) is 1.00. The first-order chi connectivity index (χ1) is 6.74. The Morgan fingerprint density at radius 1 is 1.14 bits per heavy atom. The van der Waals surface area contributed by atoms with Crippen molar-refractivity contribution in [2.24, 2.45) is 11.8 Å². The Morgan fingerprint density at radius 2 is 1.79 bits per heavy atom. The van der Waals surface area contributed by atoms with Gasteiger partial charge in [-0.3, -0.25) is 0 Å². The number of hydrogen-bond donors (Lipinski definition) is 1. The highest BCUT2D eigenvalue weighted by atomic mass is 16.3. The van der Waals surface area contributed by atoms with Crippen LogP contribution in [0.15, 0.2) is 0 Å². The van der Waals surface area contributed by atoms with Gasteiger partial charge < -0.3 is 5.11 Å². The Kier molecular flexibility index (Phi) is 5.54. The SMILES string of the molecule is CCC(CCC(C)O)C1CCCCC1. The van der Waals surface area contributed by atoms with Crippen LogP contribution in [0.1, 0.15) is 65.2 Å². The summed E-state index contributed by atoms with van der Waals surface area (Å²) < 4.78 is 0. The maximum absolute atomic E-state index is 9.30. The molecule has 1 aliphatic rings. The molecule has 1 N–H and O–H groups in total. The maximum atomic E-state index is 9.30. The lowest BCUT2D eigenvalue weighted by Gasteiger charge is -2.29. The van der Waals surface area contributed by atoms with E-state index in [0.29, 0.717) is 0 Å². The van der Waals surface area contributed by atoms with Crippen LogP contribution < -0.4 is 0 Å². The molecule has 0 heterocycles. The Balaban J connectivity index is 2.28. The molecule has 0 bridgehead atoms. The fourth-order valence-corrected chi connectivity index (χ4v) is 2.83. The van der Waals surface area contributed by atoms with Crippen molar-refractivity contribution < 1.29 is 5.11 Å². The van der Waals surface area contributed by atoms with Gasteiger partial charge in [0.25, 0.3) is 0 Å².